The highest BCUT2D eigenvalue weighted by molar-refractivity contribution is 5.10. The maximum absolute atomic E-state index is 5.49. The molecule has 2 unspecified atom stereocenters. The van der Waals surface area contributed by atoms with Crippen molar-refractivity contribution in [2.75, 3.05) is 27.3 Å². The number of rotatable bonds is 2. The van der Waals surface area contributed by atoms with Crippen LogP contribution in [-0.2, 0) is 9.47 Å². The smallest absolute Gasteiger partial charge is 0.145 e. The van der Waals surface area contributed by atoms with Gasteiger partial charge in [-0.1, -0.05) is 11.8 Å². The van der Waals surface area contributed by atoms with Crippen molar-refractivity contribution in [2.45, 2.75) is 44.9 Å². The fourth-order valence-electron chi connectivity index (χ4n) is 1.88. The van der Waals surface area contributed by atoms with E-state index in [4.69, 9.17) is 9.47 Å². The van der Waals surface area contributed by atoms with Crippen LogP contribution in [0.2, 0.25) is 0 Å². The molecule has 0 aromatic rings. The van der Waals surface area contributed by atoms with Gasteiger partial charge in [0.1, 0.15) is 12.2 Å². The lowest BCUT2D eigenvalue weighted by molar-refractivity contribution is -0.0395. The van der Waals surface area contributed by atoms with Gasteiger partial charge in [0.25, 0.3) is 0 Å². The number of methoxy groups -OCH3 is 2. The Balaban J connectivity index is 2.80. The molecule has 0 aromatic heterocycles. The number of hydrogen-bond acceptors (Lipinski definition) is 3. The predicted molar refractivity (Wildman–Crippen MR) is 65.3 cm³/mol. The molecule has 16 heavy (non-hydrogen) atoms. The monoisotopic (exact) mass is 225 g/mol. The van der Waals surface area contributed by atoms with E-state index in [0.29, 0.717) is 0 Å². The highest BCUT2D eigenvalue weighted by atomic mass is 16.5. The molecular weight excluding hydrogens is 202 g/mol. The lowest BCUT2D eigenvalue weighted by atomic mass is 10.0. The largest absolute Gasteiger partial charge is 0.376 e. The van der Waals surface area contributed by atoms with Crippen LogP contribution < -0.4 is 0 Å². The van der Waals surface area contributed by atoms with Crippen molar-refractivity contribution in [1.82, 2.24) is 4.90 Å². The van der Waals surface area contributed by atoms with Gasteiger partial charge in [0.2, 0.25) is 0 Å². The summed E-state index contributed by atoms with van der Waals surface area (Å²) in [5.41, 5.74) is 0.147. The Kier molecular flexibility index (Phi) is 4.79. The van der Waals surface area contributed by atoms with Crippen molar-refractivity contribution in [3.05, 3.63) is 0 Å². The molecule has 0 fully saturated rings. The Morgan fingerprint density at radius 1 is 1.19 bits per heavy atom. The van der Waals surface area contributed by atoms with Gasteiger partial charge in [0, 0.05) is 39.3 Å². The van der Waals surface area contributed by atoms with Gasteiger partial charge in [0.15, 0.2) is 0 Å². The van der Waals surface area contributed by atoms with E-state index in [-0.39, 0.29) is 17.7 Å². The molecule has 0 radical (unpaired) electrons. The zero-order valence-corrected chi connectivity index (χ0v) is 11.0. The summed E-state index contributed by atoms with van der Waals surface area (Å²) in [6.07, 6.45) is 0.806. The van der Waals surface area contributed by atoms with E-state index in [0.717, 1.165) is 19.5 Å². The first kappa shape index (κ1) is 13.5. The molecule has 1 heterocycles. The summed E-state index contributed by atoms with van der Waals surface area (Å²) < 4.78 is 10.9. The highest BCUT2D eigenvalue weighted by Crippen LogP contribution is 2.17. The van der Waals surface area contributed by atoms with Crippen molar-refractivity contribution >= 4 is 0 Å². The second-order valence-electron chi connectivity index (χ2n) is 5.12. The Hall–Kier alpha value is -0.560. The third-order valence-electron chi connectivity index (χ3n) is 2.99. The molecule has 1 aliphatic heterocycles. The van der Waals surface area contributed by atoms with Crippen LogP contribution in [0.1, 0.15) is 27.2 Å². The fraction of sp³-hybridized carbons (Fsp3) is 0.846. The predicted octanol–water partition coefficient (Wildman–Crippen LogP) is 1.52. The van der Waals surface area contributed by atoms with Gasteiger partial charge in [-0.2, -0.15) is 0 Å². The zero-order chi connectivity index (χ0) is 12.2. The zero-order valence-electron chi connectivity index (χ0n) is 11.0. The summed E-state index contributed by atoms with van der Waals surface area (Å²) >= 11 is 0. The molecule has 3 heteroatoms. The minimum Gasteiger partial charge on any atom is -0.376 e. The van der Waals surface area contributed by atoms with Gasteiger partial charge in [-0.15, -0.1) is 0 Å². The van der Waals surface area contributed by atoms with Crippen LogP contribution >= 0.6 is 0 Å². The molecular formula is C13H23NO2. The molecule has 0 amide bonds. The van der Waals surface area contributed by atoms with Crippen LogP contribution in [0.3, 0.4) is 0 Å². The summed E-state index contributed by atoms with van der Waals surface area (Å²) in [4.78, 5) is 2.40. The van der Waals surface area contributed by atoms with E-state index in [1.165, 1.54) is 0 Å². The SMILES string of the molecule is COC1C#CCCN(C(C)(C)C)CC1OC. The van der Waals surface area contributed by atoms with Crippen molar-refractivity contribution in [1.29, 1.82) is 0 Å². The minimum atomic E-state index is -0.116. The van der Waals surface area contributed by atoms with E-state index in [1.807, 2.05) is 0 Å². The molecule has 0 aromatic carbocycles. The van der Waals surface area contributed by atoms with Crippen LogP contribution in [0.4, 0.5) is 0 Å². The molecule has 3 nitrogen and oxygen atoms in total. The van der Waals surface area contributed by atoms with Crippen LogP contribution in [0, 0.1) is 11.8 Å². The standard InChI is InChI=1S/C13H23NO2/c1-13(2,3)14-9-7-6-8-11(15-4)12(10-14)16-5/h11-12H,7,9-10H2,1-5H3. The van der Waals surface area contributed by atoms with E-state index < -0.39 is 0 Å². The van der Waals surface area contributed by atoms with Gasteiger partial charge in [-0.05, 0) is 20.8 Å². The van der Waals surface area contributed by atoms with Gasteiger partial charge in [0.05, 0.1) is 0 Å². The average molecular weight is 225 g/mol. The third kappa shape index (κ3) is 3.48. The molecule has 0 N–H and O–H groups in total. The molecule has 0 spiro atoms. The molecule has 0 bridgehead atoms. The molecule has 1 aliphatic rings. The van der Waals surface area contributed by atoms with E-state index in [9.17, 15) is 0 Å². The maximum Gasteiger partial charge on any atom is 0.145 e. The number of ether oxygens (including phenoxy) is 2. The maximum atomic E-state index is 5.49. The Morgan fingerprint density at radius 3 is 2.38 bits per heavy atom. The Morgan fingerprint density at radius 2 is 1.88 bits per heavy atom. The molecule has 1 rings (SSSR count). The first-order valence-corrected chi connectivity index (χ1v) is 5.78. The Bertz CT molecular complexity index is 272. The third-order valence-corrected chi connectivity index (χ3v) is 2.99. The topological polar surface area (TPSA) is 21.7 Å². The van der Waals surface area contributed by atoms with Crippen molar-refractivity contribution in [3.63, 3.8) is 0 Å². The summed E-state index contributed by atoms with van der Waals surface area (Å²) in [5, 5.41) is 0. The van der Waals surface area contributed by atoms with E-state index >= 15 is 0 Å². The van der Waals surface area contributed by atoms with Gasteiger partial charge in [-0.25, -0.2) is 0 Å². The summed E-state index contributed by atoms with van der Waals surface area (Å²) in [7, 11) is 3.41. The second-order valence-corrected chi connectivity index (χ2v) is 5.12. The van der Waals surface area contributed by atoms with Crippen LogP contribution in [0.5, 0.6) is 0 Å². The average Bonchev–Trinajstić information content (AvgIpc) is 2.16. The number of nitrogens with zero attached hydrogens (tertiary/aromatic N) is 1. The van der Waals surface area contributed by atoms with E-state index in [1.54, 1.807) is 14.2 Å². The first-order valence-electron chi connectivity index (χ1n) is 5.78. The molecule has 0 saturated carbocycles. The summed E-state index contributed by atoms with van der Waals surface area (Å²) in [5.74, 6) is 6.28. The fourth-order valence-corrected chi connectivity index (χ4v) is 1.88. The van der Waals surface area contributed by atoms with Gasteiger partial charge < -0.3 is 9.47 Å². The van der Waals surface area contributed by atoms with E-state index in [2.05, 4.69) is 37.5 Å². The van der Waals surface area contributed by atoms with Gasteiger partial charge in [-0.3, -0.25) is 4.90 Å². The molecule has 2 atom stereocenters. The summed E-state index contributed by atoms with van der Waals surface area (Å²) in [6, 6.07) is 0. The Labute approximate surface area is 99.1 Å². The lowest BCUT2D eigenvalue weighted by Crippen LogP contribution is -2.50. The number of hydrogen-bond donors (Lipinski definition) is 0. The molecule has 0 saturated heterocycles. The van der Waals surface area contributed by atoms with Gasteiger partial charge >= 0.3 is 0 Å². The van der Waals surface area contributed by atoms with Crippen molar-refractivity contribution in [3.8, 4) is 11.8 Å². The lowest BCUT2D eigenvalue weighted by Gasteiger charge is -2.39. The second kappa shape index (κ2) is 5.67. The highest BCUT2D eigenvalue weighted by Gasteiger charge is 2.28. The quantitative estimate of drug-likeness (QED) is 0.665. The van der Waals surface area contributed by atoms with Crippen LogP contribution in [0.25, 0.3) is 0 Å². The van der Waals surface area contributed by atoms with Crippen LogP contribution in [0.15, 0.2) is 0 Å². The van der Waals surface area contributed by atoms with Crippen molar-refractivity contribution < 1.29 is 9.47 Å². The minimum absolute atomic E-state index is 0.0250. The van der Waals surface area contributed by atoms with Crippen molar-refractivity contribution in [2.24, 2.45) is 0 Å². The normalized spacial score (nSPS) is 27.8. The van der Waals surface area contributed by atoms with Crippen LogP contribution in [-0.4, -0.2) is 50.0 Å². The summed E-state index contributed by atoms with van der Waals surface area (Å²) in [6.45, 7) is 8.52. The molecule has 92 valence electrons. The first-order chi connectivity index (χ1) is 7.49. The molecule has 0 aliphatic carbocycles.